The first-order valence-electron chi connectivity index (χ1n) is 1.95. The van der Waals surface area contributed by atoms with Crippen LogP contribution in [0, 0.1) is 4.43 Å². The first kappa shape index (κ1) is 10.1. The van der Waals surface area contributed by atoms with Gasteiger partial charge in [0.05, 0.1) is 4.43 Å². The van der Waals surface area contributed by atoms with E-state index in [0.717, 1.165) is 22.6 Å². The van der Waals surface area contributed by atoms with Crippen LogP contribution in [-0.2, 0) is 0 Å². The van der Waals surface area contributed by atoms with Crippen LogP contribution >= 0.6 is 22.6 Å². The fraction of sp³-hybridized carbons (Fsp3) is 0.250. The summed E-state index contributed by atoms with van der Waals surface area (Å²) in [4.78, 5) is 0. The van der Waals surface area contributed by atoms with E-state index >= 15 is 0 Å². The molecule has 6 heteroatoms. The predicted molar refractivity (Wildman–Crippen MR) is 33.6 cm³/mol. The molecule has 1 radical (unpaired) electrons. The number of alkyl halides is 2. The van der Waals surface area contributed by atoms with Crippen molar-refractivity contribution in [2.75, 3.05) is 0 Å². The number of hydrogen-bond donors (Lipinski definition) is 0. The van der Waals surface area contributed by atoms with E-state index in [4.69, 9.17) is 0 Å². The minimum Gasteiger partial charge on any atom is -0.199 e. The normalized spacial score (nSPS) is 11.4. The molecule has 0 aromatic rings. The molecule has 0 bridgehead atoms. The molecule has 0 amide bonds. The van der Waals surface area contributed by atoms with Crippen LogP contribution in [0.4, 0.5) is 22.0 Å². The Labute approximate surface area is 67.2 Å². The van der Waals surface area contributed by atoms with E-state index in [2.05, 4.69) is 0 Å². The molecule has 0 N–H and O–H groups in total. The molecule has 0 aliphatic carbocycles. The number of halogens is 6. The summed E-state index contributed by atoms with van der Waals surface area (Å²) >= 11 is 0.996. The second kappa shape index (κ2) is 3.49. The Hall–Kier alpha value is 0.120. The molecule has 0 nitrogen and oxygen atoms in total. The maximum atomic E-state index is 11.8. The first-order valence-corrected chi connectivity index (χ1v) is 3.20. The Kier molecular flexibility index (Phi) is 3.54. The van der Waals surface area contributed by atoms with Gasteiger partial charge in [-0.25, -0.2) is 0 Å². The van der Waals surface area contributed by atoms with Crippen molar-refractivity contribution in [1.29, 1.82) is 0 Å². The quantitative estimate of drug-likeness (QED) is 0.534. The summed E-state index contributed by atoms with van der Waals surface area (Å²) in [6.45, 7) is 0. The van der Waals surface area contributed by atoms with Crippen molar-refractivity contribution in [3.63, 3.8) is 0 Å². The zero-order valence-corrected chi connectivity index (χ0v) is 6.50. The van der Waals surface area contributed by atoms with Gasteiger partial charge in [0, 0.05) is 0 Å². The molecule has 0 unspecified atom stereocenters. The van der Waals surface area contributed by atoms with Gasteiger partial charge in [-0.3, -0.25) is 0 Å². The molecule has 0 aliphatic rings. The zero-order valence-electron chi connectivity index (χ0n) is 4.35. The smallest absolute Gasteiger partial charge is 0.199 e. The molecular formula is C4HF5I. The minimum atomic E-state index is -4.15. The molecule has 0 heterocycles. The monoisotopic (exact) mass is 271 g/mol. The SMILES string of the molecule is FC(F)=C(F)C(F)(F)[CH]I. The molecule has 10 heavy (non-hydrogen) atoms. The van der Waals surface area contributed by atoms with Crippen LogP contribution in [0.3, 0.4) is 0 Å². The lowest BCUT2D eigenvalue weighted by molar-refractivity contribution is 0.0560. The largest absolute Gasteiger partial charge is 0.316 e. The second-order valence-electron chi connectivity index (χ2n) is 1.31. The van der Waals surface area contributed by atoms with Crippen molar-refractivity contribution in [3.8, 4) is 0 Å². The van der Waals surface area contributed by atoms with Crippen molar-refractivity contribution in [2.24, 2.45) is 0 Å². The van der Waals surface area contributed by atoms with Crippen LogP contribution in [-0.4, -0.2) is 5.92 Å². The highest BCUT2D eigenvalue weighted by Crippen LogP contribution is 2.33. The van der Waals surface area contributed by atoms with Crippen LogP contribution in [0.15, 0.2) is 11.9 Å². The molecule has 0 rings (SSSR count). The third kappa shape index (κ3) is 2.39. The van der Waals surface area contributed by atoms with Crippen LogP contribution in [0.5, 0.6) is 0 Å². The van der Waals surface area contributed by atoms with Gasteiger partial charge in [-0.15, -0.1) is 0 Å². The van der Waals surface area contributed by atoms with Crippen molar-refractivity contribution >= 4 is 22.6 Å². The standard InChI is InChI=1S/C4HF5I/c5-2(3(6)7)4(8,9)1-10/h1H. The summed E-state index contributed by atoms with van der Waals surface area (Å²) in [5.41, 5.74) is 0. The molecule has 0 spiro atoms. The van der Waals surface area contributed by atoms with E-state index in [1.807, 2.05) is 0 Å². The van der Waals surface area contributed by atoms with Gasteiger partial charge < -0.3 is 0 Å². The van der Waals surface area contributed by atoms with E-state index in [0.29, 0.717) is 0 Å². The summed E-state index contributed by atoms with van der Waals surface area (Å²) in [5.74, 6) is -6.85. The summed E-state index contributed by atoms with van der Waals surface area (Å²) in [6, 6.07) is 0. The van der Waals surface area contributed by atoms with E-state index in [-0.39, 0.29) is 4.43 Å². The lowest BCUT2D eigenvalue weighted by atomic mass is 10.3. The third-order valence-corrected chi connectivity index (χ3v) is 1.38. The average molecular weight is 271 g/mol. The van der Waals surface area contributed by atoms with E-state index in [1.54, 1.807) is 0 Å². The van der Waals surface area contributed by atoms with Gasteiger partial charge in [0.2, 0.25) is 5.83 Å². The van der Waals surface area contributed by atoms with Crippen LogP contribution < -0.4 is 0 Å². The van der Waals surface area contributed by atoms with Crippen molar-refractivity contribution in [3.05, 3.63) is 16.3 Å². The molecule has 0 aromatic carbocycles. The Morgan fingerprint density at radius 3 is 1.70 bits per heavy atom. The van der Waals surface area contributed by atoms with Gasteiger partial charge in [-0.1, -0.05) is 22.6 Å². The Morgan fingerprint density at radius 2 is 1.60 bits per heavy atom. The highest BCUT2D eigenvalue weighted by molar-refractivity contribution is 14.1. The maximum absolute atomic E-state index is 11.8. The Balaban J connectivity index is 4.49. The van der Waals surface area contributed by atoms with E-state index in [1.165, 1.54) is 0 Å². The molecule has 0 aliphatic heterocycles. The molecule has 0 saturated carbocycles. The highest BCUT2D eigenvalue weighted by atomic mass is 127. The molecule has 0 saturated heterocycles. The van der Waals surface area contributed by atoms with Gasteiger partial charge in [-0.2, -0.15) is 22.0 Å². The van der Waals surface area contributed by atoms with Gasteiger partial charge >= 0.3 is 12.0 Å². The fourth-order valence-electron chi connectivity index (χ4n) is 0.174. The molecule has 0 atom stereocenters. The number of hydrogen-bond acceptors (Lipinski definition) is 0. The second-order valence-corrected chi connectivity index (χ2v) is 1.93. The summed E-state index contributed by atoms with van der Waals surface area (Å²) in [5, 5.41) is 0. The van der Waals surface area contributed by atoms with Crippen LogP contribution in [0.1, 0.15) is 0 Å². The van der Waals surface area contributed by atoms with E-state index < -0.39 is 17.8 Å². The summed E-state index contributed by atoms with van der Waals surface area (Å²) in [7, 11) is 0. The lowest BCUT2D eigenvalue weighted by Crippen LogP contribution is -2.14. The number of rotatable bonds is 2. The van der Waals surface area contributed by atoms with Gasteiger partial charge in [-0.05, 0) is 0 Å². The molecule has 59 valence electrons. The van der Waals surface area contributed by atoms with Gasteiger partial charge in [0.15, 0.2) is 0 Å². The topological polar surface area (TPSA) is 0 Å². The average Bonchev–Trinajstić information content (AvgIpc) is 1.86. The zero-order chi connectivity index (χ0) is 8.36. The lowest BCUT2D eigenvalue weighted by Gasteiger charge is -2.07. The summed E-state index contributed by atoms with van der Waals surface area (Å²) < 4.78 is 57.5. The van der Waals surface area contributed by atoms with E-state index in [9.17, 15) is 22.0 Å². The van der Waals surface area contributed by atoms with Gasteiger partial charge in [0.1, 0.15) is 0 Å². The number of allylic oxidation sites excluding steroid dienone is 1. The van der Waals surface area contributed by atoms with Crippen molar-refractivity contribution in [2.45, 2.75) is 5.92 Å². The van der Waals surface area contributed by atoms with Crippen molar-refractivity contribution < 1.29 is 22.0 Å². The molecule has 0 aromatic heterocycles. The third-order valence-electron chi connectivity index (χ3n) is 0.596. The Morgan fingerprint density at radius 1 is 1.20 bits per heavy atom. The summed E-state index contributed by atoms with van der Waals surface area (Å²) in [6.07, 6.45) is -2.99. The highest BCUT2D eigenvalue weighted by Gasteiger charge is 2.37. The van der Waals surface area contributed by atoms with Crippen LogP contribution in [0.2, 0.25) is 0 Å². The molecular weight excluding hydrogens is 270 g/mol. The maximum Gasteiger partial charge on any atom is 0.316 e. The van der Waals surface area contributed by atoms with Gasteiger partial charge in [0.25, 0.3) is 0 Å². The predicted octanol–water partition coefficient (Wildman–Crippen LogP) is 3.30. The van der Waals surface area contributed by atoms with Crippen LogP contribution in [0.25, 0.3) is 0 Å². The first-order chi connectivity index (χ1) is 4.41. The molecule has 0 fully saturated rings. The fourth-order valence-corrected chi connectivity index (χ4v) is 0.447. The Bertz CT molecular complexity index is 148. The van der Waals surface area contributed by atoms with Crippen molar-refractivity contribution in [1.82, 2.24) is 0 Å². The minimum absolute atomic E-state index is 0.0270.